The van der Waals surface area contributed by atoms with Crippen molar-refractivity contribution in [3.63, 3.8) is 0 Å². The number of hydrogen-bond acceptors (Lipinski definition) is 5. The molecule has 0 unspecified atom stereocenters. The van der Waals surface area contributed by atoms with Gasteiger partial charge in [-0.2, -0.15) is 0 Å². The van der Waals surface area contributed by atoms with E-state index in [0.29, 0.717) is 5.69 Å². The molecule has 0 amide bonds. The number of nitrogens with zero attached hydrogens (tertiary/aromatic N) is 4. The molecule has 2 fully saturated rings. The molecule has 0 aromatic carbocycles. The standard InChI is InChI=1S/C13H20N6/c14-12(15)11-13(17-4-3-16-11)19-7-5-18(6-8-19)9-10-1-2-10/h3-4,10H,1-2,5-9H2,(H3,14,15). The van der Waals surface area contributed by atoms with Gasteiger partial charge in [0.05, 0.1) is 0 Å². The second kappa shape index (κ2) is 5.13. The fourth-order valence-electron chi connectivity index (χ4n) is 2.56. The molecule has 2 heterocycles. The molecule has 0 spiro atoms. The van der Waals surface area contributed by atoms with Crippen LogP contribution in [0.25, 0.3) is 0 Å². The molecular weight excluding hydrogens is 240 g/mol. The molecule has 6 heteroatoms. The maximum atomic E-state index is 7.57. The van der Waals surface area contributed by atoms with E-state index in [-0.39, 0.29) is 5.84 Å². The molecule has 102 valence electrons. The van der Waals surface area contributed by atoms with Crippen LogP contribution in [0.5, 0.6) is 0 Å². The number of nitrogen functional groups attached to an aromatic ring is 1. The first-order chi connectivity index (χ1) is 9.24. The Balaban J connectivity index is 1.65. The highest BCUT2D eigenvalue weighted by atomic mass is 15.3. The summed E-state index contributed by atoms with van der Waals surface area (Å²) in [5, 5.41) is 7.57. The Kier molecular flexibility index (Phi) is 3.33. The van der Waals surface area contributed by atoms with Crippen LogP contribution in [0.2, 0.25) is 0 Å². The van der Waals surface area contributed by atoms with Gasteiger partial charge in [-0.15, -0.1) is 0 Å². The van der Waals surface area contributed by atoms with E-state index in [1.54, 1.807) is 12.4 Å². The lowest BCUT2D eigenvalue weighted by Crippen LogP contribution is -2.47. The van der Waals surface area contributed by atoms with Crippen molar-refractivity contribution in [2.75, 3.05) is 37.6 Å². The Morgan fingerprint density at radius 3 is 2.53 bits per heavy atom. The molecule has 1 saturated heterocycles. The molecule has 2 aliphatic rings. The lowest BCUT2D eigenvalue weighted by molar-refractivity contribution is 0.247. The lowest BCUT2D eigenvalue weighted by Gasteiger charge is -2.35. The number of hydrogen-bond donors (Lipinski definition) is 2. The third-order valence-corrected chi connectivity index (χ3v) is 3.82. The van der Waals surface area contributed by atoms with Crippen molar-refractivity contribution in [1.29, 1.82) is 5.41 Å². The van der Waals surface area contributed by atoms with Crippen LogP contribution in [0.3, 0.4) is 0 Å². The zero-order valence-electron chi connectivity index (χ0n) is 11.0. The lowest BCUT2D eigenvalue weighted by atomic mass is 10.2. The maximum Gasteiger partial charge on any atom is 0.158 e. The first-order valence-corrected chi connectivity index (χ1v) is 6.87. The van der Waals surface area contributed by atoms with Crippen molar-refractivity contribution in [3.05, 3.63) is 18.1 Å². The Labute approximate surface area is 113 Å². The van der Waals surface area contributed by atoms with Crippen LogP contribution in [-0.4, -0.2) is 53.4 Å². The highest BCUT2D eigenvalue weighted by Crippen LogP contribution is 2.30. The van der Waals surface area contributed by atoms with Crippen molar-refractivity contribution >= 4 is 11.7 Å². The first-order valence-electron chi connectivity index (χ1n) is 6.87. The summed E-state index contributed by atoms with van der Waals surface area (Å²) in [5.74, 6) is 1.68. The van der Waals surface area contributed by atoms with Crippen molar-refractivity contribution in [2.45, 2.75) is 12.8 Å². The average molecular weight is 260 g/mol. The summed E-state index contributed by atoms with van der Waals surface area (Å²) >= 11 is 0. The van der Waals surface area contributed by atoms with E-state index in [9.17, 15) is 0 Å². The summed E-state index contributed by atoms with van der Waals surface area (Å²) in [6.45, 7) is 5.24. The Morgan fingerprint density at radius 2 is 1.89 bits per heavy atom. The molecule has 6 nitrogen and oxygen atoms in total. The van der Waals surface area contributed by atoms with E-state index in [0.717, 1.165) is 37.9 Å². The van der Waals surface area contributed by atoms with Gasteiger partial charge in [-0.3, -0.25) is 10.3 Å². The Bertz CT molecular complexity index is 462. The van der Waals surface area contributed by atoms with Gasteiger partial charge in [0.25, 0.3) is 0 Å². The van der Waals surface area contributed by atoms with Gasteiger partial charge < -0.3 is 10.6 Å². The van der Waals surface area contributed by atoms with Crippen molar-refractivity contribution in [1.82, 2.24) is 14.9 Å². The van der Waals surface area contributed by atoms with Crippen LogP contribution in [0.15, 0.2) is 12.4 Å². The zero-order valence-corrected chi connectivity index (χ0v) is 11.0. The Hall–Kier alpha value is -1.69. The minimum absolute atomic E-state index is 0.0106. The molecule has 3 N–H and O–H groups in total. The molecule has 0 atom stereocenters. The molecule has 3 rings (SSSR count). The molecular formula is C13H20N6. The number of anilines is 1. The van der Waals surface area contributed by atoms with E-state index >= 15 is 0 Å². The second-order valence-electron chi connectivity index (χ2n) is 5.37. The predicted molar refractivity (Wildman–Crippen MR) is 74.4 cm³/mol. The molecule has 1 aliphatic heterocycles. The summed E-state index contributed by atoms with van der Waals surface area (Å²) in [4.78, 5) is 13.2. The van der Waals surface area contributed by atoms with Crippen molar-refractivity contribution in [2.24, 2.45) is 11.7 Å². The van der Waals surface area contributed by atoms with Gasteiger partial charge >= 0.3 is 0 Å². The van der Waals surface area contributed by atoms with Gasteiger partial charge in [-0.1, -0.05) is 0 Å². The van der Waals surface area contributed by atoms with Crippen LogP contribution in [0, 0.1) is 11.3 Å². The number of piperazine rings is 1. The third kappa shape index (κ3) is 2.84. The Morgan fingerprint density at radius 1 is 1.21 bits per heavy atom. The summed E-state index contributed by atoms with van der Waals surface area (Å²) in [7, 11) is 0. The minimum atomic E-state index is -0.0106. The second-order valence-corrected chi connectivity index (χ2v) is 5.37. The molecule has 0 radical (unpaired) electrons. The van der Waals surface area contributed by atoms with Gasteiger partial charge in [0.2, 0.25) is 0 Å². The average Bonchev–Trinajstić information content (AvgIpc) is 3.23. The molecule has 19 heavy (non-hydrogen) atoms. The van der Waals surface area contributed by atoms with E-state index < -0.39 is 0 Å². The summed E-state index contributed by atoms with van der Waals surface area (Å²) in [5.41, 5.74) is 6.06. The monoisotopic (exact) mass is 260 g/mol. The van der Waals surface area contributed by atoms with Gasteiger partial charge in [-0.25, -0.2) is 9.97 Å². The number of nitrogens with two attached hydrogens (primary N) is 1. The topological polar surface area (TPSA) is 82.1 Å². The number of aromatic nitrogens is 2. The van der Waals surface area contributed by atoms with Crippen LogP contribution in [0.4, 0.5) is 5.82 Å². The quantitative estimate of drug-likeness (QED) is 0.601. The molecule has 1 aromatic heterocycles. The number of rotatable bonds is 4. The van der Waals surface area contributed by atoms with Crippen LogP contribution in [-0.2, 0) is 0 Å². The fourth-order valence-corrected chi connectivity index (χ4v) is 2.56. The van der Waals surface area contributed by atoms with E-state index in [2.05, 4.69) is 19.8 Å². The zero-order chi connectivity index (χ0) is 13.2. The number of amidine groups is 1. The largest absolute Gasteiger partial charge is 0.382 e. The molecule has 0 bridgehead atoms. The minimum Gasteiger partial charge on any atom is -0.382 e. The highest BCUT2D eigenvalue weighted by molar-refractivity contribution is 5.97. The van der Waals surface area contributed by atoms with Gasteiger partial charge in [-0.05, 0) is 18.8 Å². The first kappa shape index (κ1) is 12.3. The summed E-state index contributed by atoms with van der Waals surface area (Å²) in [6, 6.07) is 0. The van der Waals surface area contributed by atoms with E-state index in [4.69, 9.17) is 11.1 Å². The van der Waals surface area contributed by atoms with Gasteiger partial charge in [0, 0.05) is 45.1 Å². The van der Waals surface area contributed by atoms with E-state index in [1.165, 1.54) is 19.4 Å². The van der Waals surface area contributed by atoms with Gasteiger partial charge in [0.15, 0.2) is 5.82 Å². The number of nitrogens with one attached hydrogen (secondary N) is 1. The van der Waals surface area contributed by atoms with E-state index in [1.807, 2.05) is 0 Å². The predicted octanol–water partition coefficient (Wildman–Crippen LogP) is 0.293. The molecule has 1 saturated carbocycles. The maximum absolute atomic E-state index is 7.57. The smallest absolute Gasteiger partial charge is 0.158 e. The van der Waals surface area contributed by atoms with Crippen LogP contribution in [0.1, 0.15) is 18.5 Å². The van der Waals surface area contributed by atoms with Crippen LogP contribution < -0.4 is 10.6 Å². The highest BCUT2D eigenvalue weighted by Gasteiger charge is 2.27. The van der Waals surface area contributed by atoms with Crippen molar-refractivity contribution in [3.8, 4) is 0 Å². The fraction of sp³-hybridized carbons (Fsp3) is 0.615. The molecule has 1 aliphatic carbocycles. The van der Waals surface area contributed by atoms with Crippen molar-refractivity contribution < 1.29 is 0 Å². The normalized spacial score (nSPS) is 20.5. The summed E-state index contributed by atoms with van der Waals surface area (Å²) < 4.78 is 0. The van der Waals surface area contributed by atoms with Gasteiger partial charge in [0.1, 0.15) is 11.5 Å². The SMILES string of the molecule is N=C(N)c1nccnc1N1CCN(CC2CC2)CC1. The third-order valence-electron chi connectivity index (χ3n) is 3.82. The molecule has 1 aromatic rings. The summed E-state index contributed by atoms with van der Waals surface area (Å²) in [6.07, 6.45) is 6.06. The van der Waals surface area contributed by atoms with Crippen LogP contribution >= 0.6 is 0 Å².